The summed E-state index contributed by atoms with van der Waals surface area (Å²) in [4.78, 5) is 19.7. The summed E-state index contributed by atoms with van der Waals surface area (Å²) in [7, 11) is 0. The molecule has 142 valence electrons. The molecule has 1 aliphatic carbocycles. The van der Waals surface area contributed by atoms with Crippen LogP contribution in [0.5, 0.6) is 0 Å². The van der Waals surface area contributed by atoms with Crippen LogP contribution >= 0.6 is 0 Å². The summed E-state index contributed by atoms with van der Waals surface area (Å²) in [6.45, 7) is 4.74. The van der Waals surface area contributed by atoms with Gasteiger partial charge in [0.15, 0.2) is 0 Å². The first-order valence-corrected chi connectivity index (χ1v) is 9.83. The minimum atomic E-state index is -0.194. The second-order valence-electron chi connectivity index (χ2n) is 7.81. The number of benzene rings is 1. The van der Waals surface area contributed by atoms with Gasteiger partial charge in [-0.05, 0) is 75.5 Å². The Balaban J connectivity index is 1.42. The number of halogens is 1. The Morgan fingerprint density at radius 1 is 1.11 bits per heavy atom. The van der Waals surface area contributed by atoms with E-state index in [1.54, 1.807) is 0 Å². The molecule has 0 unspecified atom stereocenters. The number of pyridine rings is 1. The highest BCUT2D eigenvalue weighted by molar-refractivity contribution is 5.95. The fraction of sp³-hybridized carbons (Fsp3) is 0.455. The van der Waals surface area contributed by atoms with Crippen molar-refractivity contribution < 1.29 is 9.18 Å². The van der Waals surface area contributed by atoms with Gasteiger partial charge in [-0.15, -0.1) is 0 Å². The molecule has 2 aromatic rings. The van der Waals surface area contributed by atoms with E-state index >= 15 is 0 Å². The number of aromatic nitrogens is 1. The smallest absolute Gasteiger partial charge is 0.253 e. The lowest BCUT2D eigenvalue weighted by Crippen LogP contribution is -2.34. The van der Waals surface area contributed by atoms with Crippen LogP contribution in [-0.2, 0) is 6.54 Å². The Hall–Kier alpha value is -2.27. The van der Waals surface area contributed by atoms with Crippen LogP contribution in [0.15, 0.2) is 36.4 Å². The third kappa shape index (κ3) is 4.53. The fourth-order valence-corrected chi connectivity index (χ4v) is 3.78. The highest BCUT2D eigenvalue weighted by Crippen LogP contribution is 2.30. The highest BCUT2D eigenvalue weighted by Gasteiger charge is 2.29. The molecule has 0 bridgehead atoms. The number of hydrogen-bond donors (Lipinski definition) is 1. The largest absolute Gasteiger partial charge is 0.349 e. The Bertz CT molecular complexity index is 809. The van der Waals surface area contributed by atoms with Crippen molar-refractivity contribution in [2.45, 2.75) is 51.1 Å². The van der Waals surface area contributed by atoms with Crippen molar-refractivity contribution in [3.8, 4) is 0 Å². The number of nitrogens with zero attached hydrogens (tertiary/aromatic N) is 2. The maximum Gasteiger partial charge on any atom is 0.253 e. The van der Waals surface area contributed by atoms with Gasteiger partial charge in [-0.3, -0.25) is 14.7 Å². The van der Waals surface area contributed by atoms with Gasteiger partial charge in [0.25, 0.3) is 5.91 Å². The van der Waals surface area contributed by atoms with Gasteiger partial charge in [-0.1, -0.05) is 12.1 Å². The molecule has 2 heterocycles. The molecule has 1 N–H and O–H groups in total. The van der Waals surface area contributed by atoms with E-state index in [1.807, 2.05) is 31.2 Å². The predicted octanol–water partition coefficient (Wildman–Crippen LogP) is 3.80. The van der Waals surface area contributed by atoms with Crippen molar-refractivity contribution >= 4 is 5.91 Å². The first-order chi connectivity index (χ1) is 13.1. The summed E-state index contributed by atoms with van der Waals surface area (Å²) in [5, 5.41) is 3.10. The van der Waals surface area contributed by atoms with Gasteiger partial charge in [0.2, 0.25) is 0 Å². The number of piperidine rings is 1. The molecule has 0 radical (unpaired) electrons. The molecule has 2 fully saturated rings. The number of aryl methyl sites for hydroxylation is 1. The van der Waals surface area contributed by atoms with E-state index < -0.39 is 0 Å². The Morgan fingerprint density at radius 3 is 2.48 bits per heavy atom. The lowest BCUT2D eigenvalue weighted by Gasteiger charge is -2.32. The Labute approximate surface area is 159 Å². The zero-order chi connectivity index (χ0) is 18.8. The van der Waals surface area contributed by atoms with E-state index in [1.165, 1.54) is 12.1 Å². The first kappa shape index (κ1) is 18.1. The van der Waals surface area contributed by atoms with Crippen LogP contribution in [0.4, 0.5) is 4.39 Å². The third-order valence-corrected chi connectivity index (χ3v) is 5.51. The van der Waals surface area contributed by atoms with Crippen LogP contribution in [-0.4, -0.2) is 34.9 Å². The number of carbonyl (C=O) groups excluding carboxylic acids is 1. The molecule has 27 heavy (non-hydrogen) atoms. The standard InChI is InChI=1S/C22H26FN3O/c1-15-2-9-20(22(27)25-19-7-8-19)21(24-15)17-10-12-26(13-11-17)14-16-3-5-18(23)6-4-16/h2-6,9,17,19H,7-8,10-14H2,1H3,(H,25,27). The van der Waals surface area contributed by atoms with Crippen molar-refractivity contribution in [2.75, 3.05) is 13.1 Å². The average Bonchev–Trinajstić information content (AvgIpc) is 3.48. The van der Waals surface area contributed by atoms with E-state index in [9.17, 15) is 9.18 Å². The predicted molar refractivity (Wildman–Crippen MR) is 103 cm³/mol. The van der Waals surface area contributed by atoms with Gasteiger partial charge in [0.1, 0.15) is 5.82 Å². The number of hydrogen-bond acceptors (Lipinski definition) is 3. The normalized spacial score (nSPS) is 18.4. The van der Waals surface area contributed by atoms with Crippen molar-refractivity contribution in [3.05, 3.63) is 64.7 Å². The lowest BCUT2D eigenvalue weighted by molar-refractivity contribution is 0.0948. The molecule has 1 aromatic heterocycles. The van der Waals surface area contributed by atoms with E-state index in [0.29, 0.717) is 12.0 Å². The number of nitrogens with one attached hydrogen (secondary N) is 1. The molecule has 0 atom stereocenters. The Morgan fingerprint density at radius 2 is 1.81 bits per heavy atom. The summed E-state index contributed by atoms with van der Waals surface area (Å²) >= 11 is 0. The van der Waals surface area contributed by atoms with E-state index in [0.717, 1.165) is 67.8 Å². The van der Waals surface area contributed by atoms with Crippen LogP contribution in [0, 0.1) is 12.7 Å². The molecule has 1 amide bonds. The van der Waals surface area contributed by atoms with E-state index in [2.05, 4.69) is 10.2 Å². The molecule has 1 saturated heterocycles. The van der Waals surface area contributed by atoms with Crippen molar-refractivity contribution in [1.82, 2.24) is 15.2 Å². The fourth-order valence-electron chi connectivity index (χ4n) is 3.78. The first-order valence-electron chi connectivity index (χ1n) is 9.83. The topological polar surface area (TPSA) is 45.2 Å². The van der Waals surface area contributed by atoms with Crippen LogP contribution in [0.2, 0.25) is 0 Å². The molecule has 1 aromatic carbocycles. The van der Waals surface area contributed by atoms with E-state index in [-0.39, 0.29) is 11.7 Å². The zero-order valence-corrected chi connectivity index (χ0v) is 15.7. The minimum absolute atomic E-state index is 0.0220. The van der Waals surface area contributed by atoms with E-state index in [4.69, 9.17) is 4.98 Å². The van der Waals surface area contributed by atoms with Gasteiger partial charge in [-0.25, -0.2) is 4.39 Å². The quantitative estimate of drug-likeness (QED) is 0.874. The maximum atomic E-state index is 13.1. The third-order valence-electron chi connectivity index (χ3n) is 5.51. The molecular weight excluding hydrogens is 341 g/mol. The molecule has 1 saturated carbocycles. The number of rotatable bonds is 5. The monoisotopic (exact) mass is 367 g/mol. The zero-order valence-electron chi connectivity index (χ0n) is 15.7. The Kier molecular flexibility index (Phi) is 5.21. The minimum Gasteiger partial charge on any atom is -0.349 e. The lowest BCUT2D eigenvalue weighted by atomic mass is 9.89. The number of carbonyl (C=O) groups is 1. The highest BCUT2D eigenvalue weighted by atomic mass is 19.1. The van der Waals surface area contributed by atoms with Crippen LogP contribution < -0.4 is 5.32 Å². The number of likely N-dealkylation sites (tertiary alicyclic amines) is 1. The van der Waals surface area contributed by atoms with Gasteiger partial charge >= 0.3 is 0 Å². The molecule has 2 aliphatic rings. The summed E-state index contributed by atoms with van der Waals surface area (Å²) in [6.07, 6.45) is 4.15. The van der Waals surface area contributed by atoms with Crippen LogP contribution in [0.25, 0.3) is 0 Å². The van der Waals surface area contributed by atoms with Crippen LogP contribution in [0.3, 0.4) is 0 Å². The number of amides is 1. The summed E-state index contributed by atoms with van der Waals surface area (Å²) < 4.78 is 13.1. The molecule has 0 spiro atoms. The van der Waals surface area contributed by atoms with Crippen molar-refractivity contribution in [1.29, 1.82) is 0 Å². The molecule has 1 aliphatic heterocycles. The van der Waals surface area contributed by atoms with Crippen molar-refractivity contribution in [2.24, 2.45) is 0 Å². The molecule has 4 rings (SSSR count). The van der Waals surface area contributed by atoms with Gasteiger partial charge in [-0.2, -0.15) is 0 Å². The second kappa shape index (κ2) is 7.77. The maximum absolute atomic E-state index is 13.1. The molecule has 5 heteroatoms. The molecule has 4 nitrogen and oxygen atoms in total. The SMILES string of the molecule is Cc1ccc(C(=O)NC2CC2)c(C2CCN(Cc3ccc(F)cc3)CC2)n1. The van der Waals surface area contributed by atoms with Gasteiger partial charge in [0, 0.05) is 24.2 Å². The van der Waals surface area contributed by atoms with Gasteiger partial charge < -0.3 is 5.32 Å². The van der Waals surface area contributed by atoms with Gasteiger partial charge in [0.05, 0.1) is 11.3 Å². The summed E-state index contributed by atoms with van der Waals surface area (Å²) in [6, 6.07) is 10.9. The average molecular weight is 367 g/mol. The summed E-state index contributed by atoms with van der Waals surface area (Å²) in [5.41, 5.74) is 3.79. The van der Waals surface area contributed by atoms with Crippen molar-refractivity contribution in [3.63, 3.8) is 0 Å². The second-order valence-corrected chi connectivity index (χ2v) is 7.81. The van der Waals surface area contributed by atoms with Crippen LogP contribution in [0.1, 0.15) is 58.9 Å². The summed E-state index contributed by atoms with van der Waals surface area (Å²) in [5.74, 6) is 0.142. The molecular formula is C22H26FN3O.